The quantitative estimate of drug-likeness (QED) is 0.777. The average molecular weight is 349 g/mol. The van der Waals surface area contributed by atoms with Gasteiger partial charge in [0.15, 0.2) is 0 Å². The Morgan fingerprint density at radius 1 is 1.08 bits per heavy atom. The van der Waals surface area contributed by atoms with Crippen molar-refractivity contribution < 1.29 is 9.53 Å². The SMILES string of the molecule is COc1ccc(C(=O)/N=c2/[nH]c(-c3ccccc3)c(C(C)C)n2C)cc1. The van der Waals surface area contributed by atoms with Crippen LogP contribution in [0.1, 0.15) is 35.8 Å². The van der Waals surface area contributed by atoms with E-state index in [-0.39, 0.29) is 11.8 Å². The minimum absolute atomic E-state index is 0.284. The molecule has 5 heteroatoms. The highest BCUT2D eigenvalue weighted by Crippen LogP contribution is 2.25. The Morgan fingerprint density at radius 2 is 1.73 bits per heavy atom. The van der Waals surface area contributed by atoms with Crippen LogP contribution in [-0.4, -0.2) is 22.6 Å². The molecule has 1 heterocycles. The monoisotopic (exact) mass is 349 g/mol. The second-order valence-corrected chi connectivity index (χ2v) is 6.43. The van der Waals surface area contributed by atoms with Crippen molar-refractivity contribution in [2.45, 2.75) is 19.8 Å². The fraction of sp³-hybridized carbons (Fsp3) is 0.238. The number of methoxy groups -OCH3 is 1. The van der Waals surface area contributed by atoms with Gasteiger partial charge in [0.1, 0.15) is 5.75 Å². The fourth-order valence-electron chi connectivity index (χ4n) is 3.04. The van der Waals surface area contributed by atoms with Crippen LogP contribution in [-0.2, 0) is 7.05 Å². The number of rotatable bonds is 4. The van der Waals surface area contributed by atoms with Gasteiger partial charge in [0.25, 0.3) is 5.91 Å². The molecule has 2 aromatic carbocycles. The Bertz CT molecular complexity index is 965. The summed E-state index contributed by atoms with van der Waals surface area (Å²) in [5.74, 6) is 0.700. The van der Waals surface area contributed by atoms with E-state index < -0.39 is 0 Å². The predicted molar refractivity (Wildman–Crippen MR) is 102 cm³/mol. The molecule has 0 aliphatic carbocycles. The third kappa shape index (κ3) is 3.47. The number of nitrogens with one attached hydrogen (secondary N) is 1. The van der Waals surface area contributed by atoms with Crippen molar-refractivity contribution in [1.29, 1.82) is 0 Å². The number of carbonyl (C=O) groups is 1. The molecule has 3 aromatic rings. The van der Waals surface area contributed by atoms with Crippen molar-refractivity contribution in [3.05, 3.63) is 71.5 Å². The molecular weight excluding hydrogens is 326 g/mol. The first kappa shape index (κ1) is 17.7. The molecule has 0 radical (unpaired) electrons. The number of hydrogen-bond donors (Lipinski definition) is 1. The second kappa shape index (κ2) is 7.44. The smallest absolute Gasteiger partial charge is 0.280 e. The second-order valence-electron chi connectivity index (χ2n) is 6.43. The molecule has 26 heavy (non-hydrogen) atoms. The molecule has 0 fully saturated rings. The van der Waals surface area contributed by atoms with E-state index in [2.05, 4.69) is 23.8 Å². The van der Waals surface area contributed by atoms with E-state index in [1.165, 1.54) is 0 Å². The summed E-state index contributed by atoms with van der Waals surface area (Å²) in [5.41, 5.74) is 4.23. The number of amides is 1. The molecule has 0 aliphatic rings. The van der Waals surface area contributed by atoms with E-state index in [1.54, 1.807) is 31.4 Å². The van der Waals surface area contributed by atoms with Crippen molar-refractivity contribution in [2.24, 2.45) is 12.0 Å². The topological polar surface area (TPSA) is 59.4 Å². The molecule has 0 spiro atoms. The highest BCUT2D eigenvalue weighted by molar-refractivity contribution is 5.94. The van der Waals surface area contributed by atoms with Crippen LogP contribution >= 0.6 is 0 Å². The summed E-state index contributed by atoms with van der Waals surface area (Å²) in [4.78, 5) is 20.2. The van der Waals surface area contributed by atoms with Crippen molar-refractivity contribution in [3.63, 3.8) is 0 Å². The maximum Gasteiger partial charge on any atom is 0.280 e. The number of ether oxygens (including phenoxy) is 1. The summed E-state index contributed by atoms with van der Waals surface area (Å²) in [6, 6.07) is 17.0. The molecule has 1 N–H and O–H groups in total. The molecule has 1 amide bonds. The van der Waals surface area contributed by atoms with Gasteiger partial charge in [-0.1, -0.05) is 44.2 Å². The zero-order valence-corrected chi connectivity index (χ0v) is 15.5. The van der Waals surface area contributed by atoms with E-state index in [0.29, 0.717) is 16.9 Å². The van der Waals surface area contributed by atoms with Gasteiger partial charge in [-0.3, -0.25) is 4.79 Å². The van der Waals surface area contributed by atoms with Crippen LogP contribution in [0.25, 0.3) is 11.3 Å². The predicted octanol–water partition coefficient (Wildman–Crippen LogP) is 3.89. The normalized spacial score (nSPS) is 11.8. The number of hydrogen-bond acceptors (Lipinski definition) is 2. The number of aromatic amines is 1. The van der Waals surface area contributed by atoms with E-state index in [0.717, 1.165) is 17.0 Å². The molecule has 0 bridgehead atoms. The Hall–Kier alpha value is -3.08. The van der Waals surface area contributed by atoms with Gasteiger partial charge in [-0.15, -0.1) is 0 Å². The molecule has 0 unspecified atom stereocenters. The van der Waals surface area contributed by atoms with E-state index in [4.69, 9.17) is 4.74 Å². The summed E-state index contributed by atoms with van der Waals surface area (Å²) in [5, 5.41) is 0. The van der Waals surface area contributed by atoms with Gasteiger partial charge < -0.3 is 14.3 Å². The third-order valence-electron chi connectivity index (χ3n) is 4.33. The Labute approximate surface area is 153 Å². The van der Waals surface area contributed by atoms with Gasteiger partial charge in [-0.25, -0.2) is 0 Å². The maximum atomic E-state index is 12.6. The Balaban J connectivity index is 2.07. The molecule has 5 nitrogen and oxygen atoms in total. The lowest BCUT2D eigenvalue weighted by molar-refractivity contribution is 0.0996. The Kier molecular flexibility index (Phi) is 5.07. The molecule has 0 atom stereocenters. The number of aromatic nitrogens is 2. The van der Waals surface area contributed by atoms with Gasteiger partial charge in [0, 0.05) is 18.3 Å². The fourth-order valence-corrected chi connectivity index (χ4v) is 3.04. The van der Waals surface area contributed by atoms with Gasteiger partial charge >= 0.3 is 0 Å². The molecule has 0 saturated heterocycles. The van der Waals surface area contributed by atoms with Crippen molar-refractivity contribution in [3.8, 4) is 17.0 Å². The minimum atomic E-state index is -0.292. The standard InChI is InChI=1S/C21H23N3O2/c1-14(2)19-18(15-8-6-5-7-9-15)22-21(24(19)3)23-20(25)16-10-12-17(26-4)13-11-16/h5-14H,1-4H3,(H,22,23,25). The number of H-pyrrole nitrogens is 1. The van der Waals surface area contributed by atoms with Crippen molar-refractivity contribution >= 4 is 5.91 Å². The van der Waals surface area contributed by atoms with Gasteiger partial charge in [0.2, 0.25) is 5.62 Å². The molecular formula is C21H23N3O2. The molecule has 0 saturated carbocycles. The number of imidazole rings is 1. The lowest BCUT2D eigenvalue weighted by Crippen LogP contribution is -2.19. The first-order chi connectivity index (χ1) is 12.5. The minimum Gasteiger partial charge on any atom is -0.497 e. The molecule has 3 rings (SSSR count). The first-order valence-corrected chi connectivity index (χ1v) is 8.58. The maximum absolute atomic E-state index is 12.6. The Morgan fingerprint density at radius 3 is 2.31 bits per heavy atom. The van der Waals surface area contributed by atoms with E-state index in [9.17, 15) is 4.79 Å². The highest BCUT2D eigenvalue weighted by atomic mass is 16.5. The lowest BCUT2D eigenvalue weighted by Gasteiger charge is -2.09. The summed E-state index contributed by atoms with van der Waals surface area (Å²) < 4.78 is 7.08. The summed E-state index contributed by atoms with van der Waals surface area (Å²) >= 11 is 0. The molecule has 1 aromatic heterocycles. The molecule has 0 aliphatic heterocycles. The lowest BCUT2D eigenvalue weighted by atomic mass is 10.0. The van der Waals surface area contributed by atoms with Crippen LogP contribution in [0.4, 0.5) is 0 Å². The third-order valence-corrected chi connectivity index (χ3v) is 4.33. The van der Waals surface area contributed by atoms with Crippen LogP contribution in [0.15, 0.2) is 59.6 Å². The summed E-state index contributed by atoms with van der Waals surface area (Å²) in [6.45, 7) is 4.26. The number of nitrogens with zero attached hydrogens (tertiary/aromatic N) is 2. The van der Waals surface area contributed by atoms with Crippen molar-refractivity contribution in [2.75, 3.05) is 7.11 Å². The summed E-state index contributed by atoms with van der Waals surface area (Å²) in [7, 11) is 3.52. The van der Waals surface area contributed by atoms with Crippen LogP contribution in [0, 0.1) is 0 Å². The van der Waals surface area contributed by atoms with E-state index in [1.807, 2.05) is 41.9 Å². The first-order valence-electron chi connectivity index (χ1n) is 8.58. The van der Waals surface area contributed by atoms with Crippen LogP contribution in [0.5, 0.6) is 5.75 Å². The zero-order chi connectivity index (χ0) is 18.7. The van der Waals surface area contributed by atoms with Crippen LogP contribution in [0.3, 0.4) is 0 Å². The summed E-state index contributed by atoms with van der Waals surface area (Å²) in [6.07, 6.45) is 0. The van der Waals surface area contributed by atoms with Crippen LogP contribution < -0.4 is 10.4 Å². The highest BCUT2D eigenvalue weighted by Gasteiger charge is 2.16. The average Bonchev–Trinajstić information content (AvgIpc) is 2.99. The van der Waals surface area contributed by atoms with E-state index >= 15 is 0 Å². The zero-order valence-electron chi connectivity index (χ0n) is 15.5. The molecule has 134 valence electrons. The van der Waals surface area contributed by atoms with Gasteiger partial charge in [-0.05, 0) is 35.7 Å². The van der Waals surface area contributed by atoms with Gasteiger partial charge in [0.05, 0.1) is 12.8 Å². The number of carbonyl (C=O) groups excluding carboxylic acids is 1. The largest absolute Gasteiger partial charge is 0.497 e. The van der Waals surface area contributed by atoms with Gasteiger partial charge in [-0.2, -0.15) is 4.99 Å². The number of benzene rings is 2. The van der Waals surface area contributed by atoms with Crippen LogP contribution in [0.2, 0.25) is 0 Å². The van der Waals surface area contributed by atoms with Crippen molar-refractivity contribution in [1.82, 2.24) is 9.55 Å².